The van der Waals surface area contributed by atoms with Crippen molar-refractivity contribution in [3.05, 3.63) is 58.5 Å². The number of rotatable bonds is 5. The summed E-state index contributed by atoms with van der Waals surface area (Å²) in [6.07, 6.45) is -0.282. The largest absolute Gasteiger partial charge is 0.550 e. The zero-order chi connectivity index (χ0) is 20.0. The number of aliphatic carboxylic acids is 1. The van der Waals surface area contributed by atoms with Gasteiger partial charge in [-0.3, -0.25) is 0 Å². The average Bonchev–Trinajstić information content (AvgIpc) is 3.16. The summed E-state index contributed by atoms with van der Waals surface area (Å²) in [6.45, 7) is 2.21. The van der Waals surface area contributed by atoms with Crippen LogP contribution in [-0.2, 0) is 11.3 Å². The summed E-state index contributed by atoms with van der Waals surface area (Å²) < 4.78 is 16.2. The summed E-state index contributed by atoms with van der Waals surface area (Å²) in [4.78, 5) is 13.1. The van der Waals surface area contributed by atoms with Crippen molar-refractivity contribution in [1.29, 1.82) is 0 Å². The average molecular weight is 419 g/mol. The molecular formula is C21H18ClFNO3S-. The molecule has 1 aliphatic rings. The summed E-state index contributed by atoms with van der Waals surface area (Å²) in [5.74, 6) is -1.74. The number of aromatic nitrogens is 1. The molecule has 3 aromatic rings. The Bertz CT molecular complexity index is 1060. The minimum Gasteiger partial charge on any atom is -0.550 e. The third kappa shape index (κ3) is 3.41. The Morgan fingerprint density at radius 2 is 2.11 bits per heavy atom. The highest BCUT2D eigenvalue weighted by molar-refractivity contribution is 7.99. The predicted octanol–water partition coefficient (Wildman–Crippen LogP) is 4.27. The van der Waals surface area contributed by atoms with Crippen LogP contribution < -0.4 is 5.11 Å². The smallest absolute Gasteiger partial charge is 0.125 e. The quantitative estimate of drug-likeness (QED) is 0.672. The highest BCUT2D eigenvalue weighted by Crippen LogP contribution is 2.48. The molecule has 0 spiro atoms. The van der Waals surface area contributed by atoms with Crippen LogP contribution in [0.2, 0.25) is 5.02 Å². The van der Waals surface area contributed by atoms with Crippen LogP contribution in [-0.4, -0.2) is 15.6 Å². The summed E-state index contributed by atoms with van der Waals surface area (Å²) in [5, 5.41) is 22.9. The van der Waals surface area contributed by atoms with Crippen molar-refractivity contribution in [2.24, 2.45) is 0 Å². The summed E-state index contributed by atoms with van der Waals surface area (Å²) in [7, 11) is 0. The fraction of sp³-hybridized carbons (Fsp3) is 0.286. The second-order valence-corrected chi connectivity index (χ2v) is 8.57. The van der Waals surface area contributed by atoms with Gasteiger partial charge in [0.1, 0.15) is 5.82 Å². The molecule has 0 radical (unpaired) electrons. The van der Waals surface area contributed by atoms with Crippen molar-refractivity contribution in [3.8, 4) is 0 Å². The highest BCUT2D eigenvalue weighted by atomic mass is 35.5. The van der Waals surface area contributed by atoms with Gasteiger partial charge < -0.3 is 19.6 Å². The van der Waals surface area contributed by atoms with Crippen LogP contribution in [0.5, 0.6) is 0 Å². The second kappa shape index (κ2) is 7.43. The van der Waals surface area contributed by atoms with E-state index < -0.39 is 17.9 Å². The van der Waals surface area contributed by atoms with Gasteiger partial charge in [-0.2, -0.15) is 0 Å². The minimum absolute atomic E-state index is 0.0863. The molecule has 0 amide bonds. The molecule has 0 saturated carbocycles. The molecule has 2 heterocycles. The van der Waals surface area contributed by atoms with Gasteiger partial charge in [0.2, 0.25) is 0 Å². The molecule has 1 aromatic heterocycles. The van der Waals surface area contributed by atoms with Crippen LogP contribution in [0.25, 0.3) is 10.9 Å². The van der Waals surface area contributed by atoms with Gasteiger partial charge in [0.25, 0.3) is 0 Å². The van der Waals surface area contributed by atoms with Gasteiger partial charge in [-0.05, 0) is 61.7 Å². The van der Waals surface area contributed by atoms with E-state index in [0.29, 0.717) is 29.1 Å². The number of hydrogen-bond donors (Lipinski definition) is 1. The summed E-state index contributed by atoms with van der Waals surface area (Å²) in [6, 6.07) is 10.2. The van der Waals surface area contributed by atoms with Crippen molar-refractivity contribution >= 4 is 40.2 Å². The molecule has 4 nitrogen and oxygen atoms in total. The minimum atomic E-state index is -1.10. The number of aryl methyl sites for hydroxylation is 1. The molecule has 2 aromatic carbocycles. The lowest BCUT2D eigenvalue weighted by Crippen LogP contribution is -2.24. The van der Waals surface area contributed by atoms with E-state index in [2.05, 4.69) is 0 Å². The fourth-order valence-corrected chi connectivity index (χ4v) is 5.32. The van der Waals surface area contributed by atoms with Crippen LogP contribution in [0.15, 0.2) is 46.2 Å². The molecular weight excluding hydrogens is 401 g/mol. The van der Waals surface area contributed by atoms with E-state index in [9.17, 15) is 19.4 Å². The molecule has 0 fully saturated rings. The number of benzene rings is 2. The van der Waals surface area contributed by atoms with E-state index in [1.807, 2.05) is 16.7 Å². The molecule has 0 saturated heterocycles. The van der Waals surface area contributed by atoms with Crippen molar-refractivity contribution in [2.75, 3.05) is 0 Å². The van der Waals surface area contributed by atoms with Gasteiger partial charge in [0, 0.05) is 44.3 Å². The second-order valence-electron chi connectivity index (χ2n) is 7.05. The lowest BCUT2D eigenvalue weighted by molar-refractivity contribution is -0.306. The standard InChI is InChI=1S/C21H19ClFNO3S/c1-11(25)16-9-14(23)10-17-19(16)21(28-15-4-2-13(22)3-5-15)20-12(8-18(26)27)6-7-24(17)20/h2-5,9-12,25H,6-8H2,1H3,(H,26,27)/p-1. The Morgan fingerprint density at radius 3 is 2.75 bits per heavy atom. The molecule has 0 bridgehead atoms. The molecule has 2 atom stereocenters. The number of carboxylic acids is 1. The number of halogens is 2. The summed E-state index contributed by atoms with van der Waals surface area (Å²) in [5.41, 5.74) is 2.05. The number of nitrogens with zero attached hydrogens (tertiary/aromatic N) is 1. The number of carbonyl (C=O) groups is 1. The van der Waals surface area contributed by atoms with Gasteiger partial charge in [-0.1, -0.05) is 23.4 Å². The molecule has 146 valence electrons. The first-order valence-electron chi connectivity index (χ1n) is 9.02. The molecule has 1 aliphatic heterocycles. The first kappa shape index (κ1) is 19.3. The topological polar surface area (TPSA) is 65.3 Å². The Balaban J connectivity index is 1.96. The Hall–Kier alpha value is -2.02. The highest BCUT2D eigenvalue weighted by Gasteiger charge is 2.32. The van der Waals surface area contributed by atoms with Crippen LogP contribution in [0, 0.1) is 5.82 Å². The van der Waals surface area contributed by atoms with E-state index >= 15 is 0 Å². The maximum atomic E-state index is 14.3. The van der Waals surface area contributed by atoms with Gasteiger partial charge in [-0.15, -0.1) is 0 Å². The number of aliphatic hydroxyl groups is 1. The first-order chi connectivity index (χ1) is 13.3. The number of carboxylic acid groups (broad SMARTS) is 1. The summed E-state index contributed by atoms with van der Waals surface area (Å²) >= 11 is 7.47. The fourth-order valence-electron chi connectivity index (χ4n) is 3.98. The SMILES string of the molecule is CC(O)c1cc(F)cc2c1c(Sc1ccc(Cl)cc1)c1n2CCC1CC(=O)[O-]. The third-order valence-electron chi connectivity index (χ3n) is 5.14. The van der Waals surface area contributed by atoms with Crippen molar-refractivity contribution < 1.29 is 19.4 Å². The maximum Gasteiger partial charge on any atom is 0.125 e. The van der Waals surface area contributed by atoms with Crippen molar-refractivity contribution in [2.45, 2.75) is 48.1 Å². The molecule has 7 heteroatoms. The normalized spacial score (nSPS) is 17.1. The van der Waals surface area contributed by atoms with E-state index in [1.165, 1.54) is 23.9 Å². The van der Waals surface area contributed by atoms with E-state index in [0.717, 1.165) is 20.9 Å². The lowest BCUT2D eigenvalue weighted by Gasteiger charge is -2.14. The van der Waals surface area contributed by atoms with Crippen LogP contribution in [0.1, 0.15) is 43.0 Å². The lowest BCUT2D eigenvalue weighted by atomic mass is 9.98. The number of fused-ring (bicyclic) bond motifs is 3. The Labute approximate surface area is 170 Å². The van der Waals surface area contributed by atoms with E-state index in [4.69, 9.17) is 11.6 Å². The van der Waals surface area contributed by atoms with Crippen molar-refractivity contribution in [3.63, 3.8) is 0 Å². The third-order valence-corrected chi connectivity index (χ3v) is 6.52. The molecule has 28 heavy (non-hydrogen) atoms. The van der Waals surface area contributed by atoms with Gasteiger partial charge in [-0.25, -0.2) is 4.39 Å². The molecule has 0 aliphatic carbocycles. The maximum absolute atomic E-state index is 14.3. The van der Waals surface area contributed by atoms with Crippen LogP contribution in [0.4, 0.5) is 4.39 Å². The first-order valence-corrected chi connectivity index (χ1v) is 10.2. The molecule has 2 unspecified atom stereocenters. The van der Waals surface area contributed by atoms with Crippen LogP contribution in [0.3, 0.4) is 0 Å². The van der Waals surface area contributed by atoms with Gasteiger partial charge >= 0.3 is 0 Å². The van der Waals surface area contributed by atoms with E-state index in [1.54, 1.807) is 19.1 Å². The van der Waals surface area contributed by atoms with Crippen LogP contribution >= 0.6 is 23.4 Å². The zero-order valence-electron chi connectivity index (χ0n) is 15.1. The molecule has 1 N–H and O–H groups in total. The van der Waals surface area contributed by atoms with E-state index in [-0.39, 0.29) is 12.3 Å². The zero-order valence-corrected chi connectivity index (χ0v) is 16.7. The number of aliphatic hydroxyl groups excluding tert-OH is 1. The molecule has 4 rings (SSSR count). The number of hydrogen-bond acceptors (Lipinski definition) is 4. The Morgan fingerprint density at radius 1 is 1.39 bits per heavy atom. The van der Waals surface area contributed by atoms with Gasteiger partial charge in [0.15, 0.2) is 0 Å². The van der Waals surface area contributed by atoms with Crippen molar-refractivity contribution in [1.82, 2.24) is 4.57 Å². The monoisotopic (exact) mass is 418 g/mol. The number of carbonyl (C=O) groups excluding carboxylic acids is 1. The van der Waals surface area contributed by atoms with Gasteiger partial charge in [0.05, 0.1) is 11.6 Å². The predicted molar refractivity (Wildman–Crippen MR) is 105 cm³/mol. The Kier molecular flexibility index (Phi) is 5.12.